The van der Waals surface area contributed by atoms with Gasteiger partial charge in [-0.2, -0.15) is 4.31 Å². The maximum absolute atomic E-state index is 12.4. The second-order valence-corrected chi connectivity index (χ2v) is 7.37. The first kappa shape index (κ1) is 19.6. The minimum absolute atomic E-state index is 0.0231. The van der Waals surface area contributed by atoms with Gasteiger partial charge in [-0.05, 0) is 36.8 Å². The summed E-state index contributed by atoms with van der Waals surface area (Å²) in [7, 11) is -3.42. The van der Waals surface area contributed by atoms with Gasteiger partial charge in [0, 0.05) is 19.6 Å². The van der Waals surface area contributed by atoms with E-state index in [1.807, 2.05) is 32.9 Å². The van der Waals surface area contributed by atoms with Crippen molar-refractivity contribution in [3.05, 3.63) is 42.5 Å². The van der Waals surface area contributed by atoms with Crippen molar-refractivity contribution in [2.45, 2.75) is 31.7 Å². The van der Waals surface area contributed by atoms with Gasteiger partial charge in [-0.15, -0.1) is 6.58 Å². The van der Waals surface area contributed by atoms with Gasteiger partial charge in [0.25, 0.3) is 0 Å². The van der Waals surface area contributed by atoms with Gasteiger partial charge in [0.1, 0.15) is 0 Å². The summed E-state index contributed by atoms with van der Waals surface area (Å²) in [5, 5.41) is 6.68. The number of hydrogen-bond acceptors (Lipinski definition) is 3. The Morgan fingerprint density at radius 3 is 2.35 bits per heavy atom. The van der Waals surface area contributed by atoms with Crippen LogP contribution in [0.1, 0.15) is 32.4 Å². The highest BCUT2D eigenvalue weighted by Gasteiger charge is 2.21. The molecule has 0 heterocycles. The molecule has 23 heavy (non-hydrogen) atoms. The zero-order chi connectivity index (χ0) is 17.5. The number of sulfonamides is 1. The summed E-state index contributed by atoms with van der Waals surface area (Å²) >= 11 is 5.17. The van der Waals surface area contributed by atoms with E-state index in [1.54, 1.807) is 18.2 Å². The average Bonchev–Trinajstić information content (AvgIpc) is 2.53. The molecule has 0 unspecified atom stereocenters. The molecule has 1 atom stereocenters. The lowest BCUT2D eigenvalue weighted by Crippen LogP contribution is -2.36. The highest BCUT2D eigenvalue weighted by Crippen LogP contribution is 2.19. The van der Waals surface area contributed by atoms with Gasteiger partial charge in [0.2, 0.25) is 10.0 Å². The zero-order valence-corrected chi connectivity index (χ0v) is 15.5. The van der Waals surface area contributed by atoms with Crippen molar-refractivity contribution in [3.8, 4) is 0 Å². The highest BCUT2D eigenvalue weighted by atomic mass is 32.2. The van der Waals surface area contributed by atoms with E-state index in [0.29, 0.717) is 29.6 Å². The molecule has 0 aliphatic rings. The molecule has 0 saturated heterocycles. The molecule has 5 nitrogen and oxygen atoms in total. The second-order valence-electron chi connectivity index (χ2n) is 5.02. The van der Waals surface area contributed by atoms with Gasteiger partial charge in [-0.3, -0.25) is 0 Å². The minimum Gasteiger partial charge on any atom is -0.359 e. The fraction of sp³-hybridized carbons (Fsp3) is 0.438. The maximum Gasteiger partial charge on any atom is 0.243 e. The van der Waals surface area contributed by atoms with Crippen molar-refractivity contribution in [2.75, 3.05) is 19.6 Å². The number of nitrogens with one attached hydrogen (secondary N) is 2. The van der Waals surface area contributed by atoms with E-state index in [1.165, 1.54) is 4.31 Å². The van der Waals surface area contributed by atoms with Gasteiger partial charge in [0.15, 0.2) is 5.11 Å². The van der Waals surface area contributed by atoms with Crippen molar-refractivity contribution >= 4 is 27.4 Å². The molecule has 1 rings (SSSR count). The fourth-order valence-corrected chi connectivity index (χ4v) is 3.86. The molecule has 1 aromatic rings. The summed E-state index contributed by atoms with van der Waals surface area (Å²) in [6.07, 6.45) is 1.73. The Morgan fingerprint density at radius 2 is 1.87 bits per heavy atom. The molecule has 0 spiro atoms. The smallest absolute Gasteiger partial charge is 0.243 e. The Labute approximate surface area is 144 Å². The number of benzene rings is 1. The molecule has 0 aliphatic carbocycles. The van der Waals surface area contributed by atoms with E-state index in [4.69, 9.17) is 12.2 Å². The number of thiocarbonyl (C=S) groups is 1. The topological polar surface area (TPSA) is 61.4 Å². The zero-order valence-electron chi connectivity index (χ0n) is 13.9. The predicted molar refractivity (Wildman–Crippen MR) is 98.9 cm³/mol. The Bertz CT molecular complexity index is 623. The normalized spacial score (nSPS) is 12.7. The molecule has 1 aromatic carbocycles. The van der Waals surface area contributed by atoms with E-state index in [2.05, 4.69) is 17.2 Å². The predicted octanol–water partition coefficient (Wildman–Crippen LogP) is 2.43. The van der Waals surface area contributed by atoms with E-state index < -0.39 is 10.0 Å². The van der Waals surface area contributed by atoms with Crippen LogP contribution in [0.4, 0.5) is 0 Å². The second kappa shape index (κ2) is 9.00. The monoisotopic (exact) mass is 355 g/mol. The van der Waals surface area contributed by atoms with Crippen LogP contribution in [0, 0.1) is 0 Å². The average molecular weight is 356 g/mol. The van der Waals surface area contributed by atoms with E-state index in [0.717, 1.165) is 5.56 Å². The molecular formula is C16H25N3O2S2. The van der Waals surface area contributed by atoms with Crippen LogP contribution in [0.5, 0.6) is 0 Å². The lowest BCUT2D eigenvalue weighted by atomic mass is 10.1. The molecule has 0 aromatic heterocycles. The van der Waals surface area contributed by atoms with Crippen molar-refractivity contribution in [2.24, 2.45) is 0 Å². The van der Waals surface area contributed by atoms with E-state index in [-0.39, 0.29) is 6.04 Å². The Hall–Kier alpha value is -1.44. The molecule has 2 N–H and O–H groups in total. The molecule has 7 heteroatoms. The van der Waals surface area contributed by atoms with Crippen molar-refractivity contribution in [1.29, 1.82) is 0 Å². The van der Waals surface area contributed by atoms with Gasteiger partial charge < -0.3 is 10.6 Å². The number of rotatable bonds is 8. The van der Waals surface area contributed by atoms with Gasteiger partial charge >= 0.3 is 0 Å². The van der Waals surface area contributed by atoms with Crippen LogP contribution >= 0.6 is 12.2 Å². The Balaban J connectivity index is 2.84. The standard InChI is InChI=1S/C16H25N3O2S2/c1-5-12-17-16(22)18-13(4)14-8-10-15(11-9-14)23(20,21)19(6-2)7-3/h5,8-11,13H,1,6-7,12H2,2-4H3,(H2,17,18,22)/t13-/m1/s1. The van der Waals surface area contributed by atoms with Crippen molar-refractivity contribution < 1.29 is 8.42 Å². The van der Waals surface area contributed by atoms with Gasteiger partial charge in [-0.25, -0.2) is 8.42 Å². The SMILES string of the molecule is C=CCNC(=S)N[C@H](C)c1ccc(S(=O)(=O)N(CC)CC)cc1. The van der Waals surface area contributed by atoms with Crippen LogP contribution in [-0.4, -0.2) is 37.5 Å². The summed E-state index contributed by atoms with van der Waals surface area (Å²) in [6, 6.07) is 6.88. The summed E-state index contributed by atoms with van der Waals surface area (Å²) in [5.41, 5.74) is 0.964. The highest BCUT2D eigenvalue weighted by molar-refractivity contribution is 7.89. The molecule has 128 valence electrons. The largest absolute Gasteiger partial charge is 0.359 e. The summed E-state index contributed by atoms with van der Waals surface area (Å²) < 4.78 is 26.3. The third-order valence-corrected chi connectivity index (χ3v) is 5.80. The molecule has 0 saturated carbocycles. The molecule has 0 amide bonds. The number of nitrogens with zero attached hydrogens (tertiary/aromatic N) is 1. The maximum atomic E-state index is 12.4. The molecule has 0 fully saturated rings. The van der Waals surface area contributed by atoms with Crippen LogP contribution in [-0.2, 0) is 10.0 Å². The molecule has 0 bridgehead atoms. The number of hydrogen-bond donors (Lipinski definition) is 2. The molecule has 0 aliphatic heterocycles. The van der Waals surface area contributed by atoms with Crippen LogP contribution in [0.2, 0.25) is 0 Å². The summed E-state index contributed by atoms with van der Waals surface area (Å²) in [4.78, 5) is 0.310. The third-order valence-electron chi connectivity index (χ3n) is 3.48. The summed E-state index contributed by atoms with van der Waals surface area (Å²) in [6.45, 7) is 10.8. The first-order valence-corrected chi connectivity index (χ1v) is 9.47. The molecular weight excluding hydrogens is 330 g/mol. The lowest BCUT2D eigenvalue weighted by molar-refractivity contribution is 0.445. The third kappa shape index (κ3) is 5.30. The Kier molecular flexibility index (Phi) is 7.67. The van der Waals surface area contributed by atoms with Crippen molar-refractivity contribution in [3.63, 3.8) is 0 Å². The first-order chi connectivity index (χ1) is 10.9. The van der Waals surface area contributed by atoms with Crippen LogP contribution in [0.15, 0.2) is 41.8 Å². The van der Waals surface area contributed by atoms with Gasteiger partial charge in [0.05, 0.1) is 10.9 Å². The lowest BCUT2D eigenvalue weighted by Gasteiger charge is -2.20. The van der Waals surface area contributed by atoms with Crippen molar-refractivity contribution in [1.82, 2.24) is 14.9 Å². The fourth-order valence-electron chi connectivity index (χ4n) is 2.14. The van der Waals surface area contributed by atoms with Crippen LogP contribution in [0.25, 0.3) is 0 Å². The van der Waals surface area contributed by atoms with Crippen LogP contribution < -0.4 is 10.6 Å². The van der Waals surface area contributed by atoms with E-state index in [9.17, 15) is 8.42 Å². The van der Waals surface area contributed by atoms with Crippen LogP contribution in [0.3, 0.4) is 0 Å². The van der Waals surface area contributed by atoms with E-state index >= 15 is 0 Å². The van der Waals surface area contributed by atoms with Gasteiger partial charge in [-0.1, -0.05) is 32.1 Å². The quantitative estimate of drug-likeness (QED) is 0.554. The minimum atomic E-state index is -3.42. The Morgan fingerprint density at radius 1 is 1.30 bits per heavy atom. The first-order valence-electron chi connectivity index (χ1n) is 7.62. The molecule has 0 radical (unpaired) electrons. The summed E-state index contributed by atoms with van der Waals surface area (Å²) in [5.74, 6) is 0.